The maximum Gasteiger partial charge on any atom is 0.410 e. The minimum Gasteiger partial charge on any atom is -0.444 e. The Bertz CT molecular complexity index is 701. The van der Waals surface area contributed by atoms with Crippen LogP contribution in [0.5, 0.6) is 0 Å². The Balaban J connectivity index is 1.65. The van der Waals surface area contributed by atoms with E-state index in [2.05, 4.69) is 28.1 Å². The number of carbonyl (C=O) groups is 1. The number of hydrogen-bond donors (Lipinski definition) is 0. The summed E-state index contributed by atoms with van der Waals surface area (Å²) in [5.74, 6) is 0. The van der Waals surface area contributed by atoms with Gasteiger partial charge < -0.3 is 14.5 Å². The Morgan fingerprint density at radius 2 is 1.83 bits per heavy atom. The average molecular weight is 313 g/mol. The number of hydrogen-bond acceptors (Lipinski definition) is 4. The first-order valence-corrected chi connectivity index (χ1v) is 7.99. The molecule has 0 unspecified atom stereocenters. The third kappa shape index (κ3) is 3.73. The summed E-state index contributed by atoms with van der Waals surface area (Å²) in [4.78, 5) is 20.4. The molecule has 5 heteroatoms. The topological polar surface area (TPSA) is 45.7 Å². The van der Waals surface area contributed by atoms with Crippen LogP contribution in [0.25, 0.3) is 10.8 Å². The minimum atomic E-state index is -0.445. The number of aromatic nitrogens is 1. The van der Waals surface area contributed by atoms with Gasteiger partial charge in [-0.1, -0.05) is 6.07 Å². The highest BCUT2D eigenvalue weighted by Gasteiger charge is 2.25. The molecule has 1 aliphatic heterocycles. The van der Waals surface area contributed by atoms with Crippen LogP contribution in [0.1, 0.15) is 20.8 Å². The van der Waals surface area contributed by atoms with E-state index in [1.165, 1.54) is 11.1 Å². The van der Waals surface area contributed by atoms with E-state index < -0.39 is 5.60 Å². The summed E-state index contributed by atoms with van der Waals surface area (Å²) in [6.45, 7) is 8.66. The van der Waals surface area contributed by atoms with E-state index in [0.717, 1.165) is 18.5 Å². The van der Waals surface area contributed by atoms with Crippen LogP contribution in [-0.4, -0.2) is 47.8 Å². The fourth-order valence-corrected chi connectivity index (χ4v) is 2.74. The van der Waals surface area contributed by atoms with Crippen molar-refractivity contribution in [2.24, 2.45) is 0 Å². The highest BCUT2D eigenvalue weighted by molar-refractivity contribution is 5.85. The fraction of sp³-hybridized carbons (Fsp3) is 0.444. The van der Waals surface area contributed by atoms with Crippen LogP contribution < -0.4 is 4.90 Å². The zero-order valence-corrected chi connectivity index (χ0v) is 14.0. The molecule has 0 radical (unpaired) electrons. The smallest absolute Gasteiger partial charge is 0.410 e. The maximum atomic E-state index is 12.1. The molecule has 0 bridgehead atoms. The van der Waals surface area contributed by atoms with Crippen molar-refractivity contribution in [3.63, 3.8) is 0 Å². The third-order valence-electron chi connectivity index (χ3n) is 3.92. The Labute approximate surface area is 136 Å². The summed E-state index contributed by atoms with van der Waals surface area (Å²) in [6, 6.07) is 8.42. The SMILES string of the molecule is CC(C)(C)OC(=O)N1CCN(c2ccc3ccncc3c2)CC1. The molecule has 2 aromatic rings. The number of pyridine rings is 1. The second kappa shape index (κ2) is 6.07. The summed E-state index contributed by atoms with van der Waals surface area (Å²) in [7, 11) is 0. The van der Waals surface area contributed by atoms with E-state index in [0.29, 0.717) is 13.1 Å². The summed E-state index contributed by atoms with van der Waals surface area (Å²) in [5.41, 5.74) is 0.730. The molecule has 3 rings (SSSR count). The maximum absolute atomic E-state index is 12.1. The number of anilines is 1. The van der Waals surface area contributed by atoms with Gasteiger partial charge in [0.15, 0.2) is 0 Å². The molecule has 1 amide bonds. The van der Waals surface area contributed by atoms with Crippen molar-refractivity contribution in [1.29, 1.82) is 0 Å². The van der Waals surface area contributed by atoms with Crippen molar-refractivity contribution in [1.82, 2.24) is 9.88 Å². The van der Waals surface area contributed by atoms with Crippen LogP contribution in [-0.2, 0) is 4.74 Å². The van der Waals surface area contributed by atoms with Crippen LogP contribution in [0.4, 0.5) is 10.5 Å². The van der Waals surface area contributed by atoms with Crippen LogP contribution in [0, 0.1) is 0 Å². The molecule has 1 fully saturated rings. The van der Waals surface area contributed by atoms with Crippen molar-refractivity contribution in [3.05, 3.63) is 36.7 Å². The lowest BCUT2D eigenvalue weighted by molar-refractivity contribution is 0.0240. The summed E-state index contributed by atoms with van der Waals surface area (Å²) >= 11 is 0. The average Bonchev–Trinajstić information content (AvgIpc) is 2.53. The Hall–Kier alpha value is -2.30. The number of amides is 1. The first kappa shape index (κ1) is 15.6. The van der Waals surface area contributed by atoms with Crippen LogP contribution >= 0.6 is 0 Å². The van der Waals surface area contributed by atoms with Crippen molar-refractivity contribution in [2.45, 2.75) is 26.4 Å². The lowest BCUT2D eigenvalue weighted by Gasteiger charge is -2.36. The first-order valence-electron chi connectivity index (χ1n) is 7.99. The van der Waals surface area contributed by atoms with Gasteiger partial charge in [-0.05, 0) is 44.4 Å². The summed E-state index contributed by atoms with van der Waals surface area (Å²) in [5, 5.41) is 2.33. The Kier molecular flexibility index (Phi) is 4.11. The molecule has 122 valence electrons. The molecular weight excluding hydrogens is 290 g/mol. The van der Waals surface area contributed by atoms with Crippen molar-refractivity contribution < 1.29 is 9.53 Å². The lowest BCUT2D eigenvalue weighted by Crippen LogP contribution is -2.50. The third-order valence-corrected chi connectivity index (χ3v) is 3.92. The number of ether oxygens (including phenoxy) is 1. The van der Waals surface area contributed by atoms with Gasteiger partial charge in [-0.2, -0.15) is 0 Å². The van der Waals surface area contributed by atoms with Gasteiger partial charge in [0.25, 0.3) is 0 Å². The van der Waals surface area contributed by atoms with Gasteiger partial charge in [-0.3, -0.25) is 4.98 Å². The van der Waals surface area contributed by atoms with Gasteiger partial charge in [0, 0.05) is 49.6 Å². The normalized spacial score (nSPS) is 15.8. The fourth-order valence-electron chi connectivity index (χ4n) is 2.74. The number of benzene rings is 1. The van der Waals surface area contributed by atoms with Crippen molar-refractivity contribution >= 4 is 22.6 Å². The second-order valence-electron chi connectivity index (χ2n) is 6.86. The van der Waals surface area contributed by atoms with Gasteiger partial charge in [-0.25, -0.2) is 4.79 Å². The predicted molar refractivity (Wildman–Crippen MR) is 91.8 cm³/mol. The standard InChI is InChI=1S/C18H23N3O2/c1-18(2,3)23-17(22)21-10-8-20(9-11-21)16-5-4-14-6-7-19-13-15(14)12-16/h4-7,12-13H,8-11H2,1-3H3. The van der Waals surface area contributed by atoms with E-state index in [9.17, 15) is 4.79 Å². The molecule has 23 heavy (non-hydrogen) atoms. The molecule has 1 saturated heterocycles. The number of nitrogens with zero attached hydrogens (tertiary/aromatic N) is 3. The molecule has 0 N–H and O–H groups in total. The molecule has 1 aromatic heterocycles. The van der Waals surface area contributed by atoms with E-state index in [4.69, 9.17) is 4.74 Å². The van der Waals surface area contributed by atoms with E-state index in [-0.39, 0.29) is 6.09 Å². The quantitative estimate of drug-likeness (QED) is 0.810. The van der Waals surface area contributed by atoms with Gasteiger partial charge in [-0.15, -0.1) is 0 Å². The first-order chi connectivity index (χ1) is 10.9. The van der Waals surface area contributed by atoms with E-state index in [1.54, 1.807) is 4.90 Å². The molecule has 0 aliphatic carbocycles. The molecular formula is C18H23N3O2. The largest absolute Gasteiger partial charge is 0.444 e. The molecule has 0 spiro atoms. The van der Waals surface area contributed by atoms with Crippen molar-refractivity contribution in [2.75, 3.05) is 31.1 Å². The Morgan fingerprint density at radius 1 is 1.09 bits per heavy atom. The monoisotopic (exact) mass is 313 g/mol. The zero-order chi connectivity index (χ0) is 16.4. The number of rotatable bonds is 1. The predicted octanol–water partition coefficient (Wildman–Crippen LogP) is 3.29. The highest BCUT2D eigenvalue weighted by atomic mass is 16.6. The highest BCUT2D eigenvalue weighted by Crippen LogP contribution is 2.23. The Morgan fingerprint density at radius 3 is 2.52 bits per heavy atom. The van der Waals surface area contributed by atoms with Crippen molar-refractivity contribution in [3.8, 4) is 0 Å². The van der Waals surface area contributed by atoms with Crippen LogP contribution in [0.15, 0.2) is 36.7 Å². The molecule has 1 aromatic carbocycles. The van der Waals surface area contributed by atoms with Crippen LogP contribution in [0.2, 0.25) is 0 Å². The van der Waals surface area contributed by atoms with E-state index in [1.807, 2.05) is 39.2 Å². The molecule has 2 heterocycles. The lowest BCUT2D eigenvalue weighted by atomic mass is 10.1. The molecule has 0 saturated carbocycles. The number of fused-ring (bicyclic) bond motifs is 1. The molecule has 0 atom stereocenters. The van der Waals surface area contributed by atoms with Gasteiger partial charge in [0.05, 0.1) is 0 Å². The molecule has 1 aliphatic rings. The molecule has 5 nitrogen and oxygen atoms in total. The zero-order valence-electron chi connectivity index (χ0n) is 14.0. The van der Waals surface area contributed by atoms with Gasteiger partial charge >= 0.3 is 6.09 Å². The van der Waals surface area contributed by atoms with Crippen LogP contribution in [0.3, 0.4) is 0 Å². The summed E-state index contributed by atoms with van der Waals surface area (Å²) in [6.07, 6.45) is 3.47. The second-order valence-corrected chi connectivity index (χ2v) is 6.86. The van der Waals surface area contributed by atoms with E-state index >= 15 is 0 Å². The van der Waals surface area contributed by atoms with Gasteiger partial charge in [0.2, 0.25) is 0 Å². The summed E-state index contributed by atoms with van der Waals surface area (Å²) < 4.78 is 5.44. The minimum absolute atomic E-state index is 0.222. The van der Waals surface area contributed by atoms with Gasteiger partial charge in [0.1, 0.15) is 5.60 Å². The number of piperazine rings is 1. The number of carbonyl (C=O) groups excluding carboxylic acids is 1.